The predicted octanol–water partition coefficient (Wildman–Crippen LogP) is 2.82. The number of nitrogens with one attached hydrogen (secondary N) is 1. The minimum Gasteiger partial charge on any atom is -0.497 e. The Hall–Kier alpha value is -3.68. The Morgan fingerprint density at radius 2 is 1.63 bits per heavy atom. The van der Waals surface area contributed by atoms with Gasteiger partial charge in [-0.25, -0.2) is 4.39 Å². The van der Waals surface area contributed by atoms with Crippen molar-refractivity contribution in [2.24, 2.45) is 0 Å². The molecular formula is C22H21FN4O3. The molecule has 2 aromatic carbocycles. The van der Waals surface area contributed by atoms with Gasteiger partial charge in [-0.2, -0.15) is 5.10 Å². The van der Waals surface area contributed by atoms with Crippen molar-refractivity contribution in [2.75, 3.05) is 33.3 Å². The van der Waals surface area contributed by atoms with Gasteiger partial charge in [0.2, 0.25) is 0 Å². The number of nitrogens with zero attached hydrogens (tertiary/aromatic N) is 3. The van der Waals surface area contributed by atoms with Crippen molar-refractivity contribution >= 4 is 11.8 Å². The number of benzene rings is 2. The second-order valence-corrected chi connectivity index (χ2v) is 6.99. The maximum atomic E-state index is 13.1. The molecule has 2 amide bonds. The first-order valence-corrected chi connectivity index (χ1v) is 9.59. The number of rotatable bonds is 4. The zero-order chi connectivity index (χ0) is 21.1. The van der Waals surface area contributed by atoms with E-state index in [9.17, 15) is 14.0 Å². The maximum Gasteiger partial charge on any atom is 0.272 e. The molecule has 8 heteroatoms. The average molecular weight is 408 g/mol. The van der Waals surface area contributed by atoms with Crippen molar-refractivity contribution in [3.05, 3.63) is 71.7 Å². The molecule has 1 fully saturated rings. The Kier molecular flexibility index (Phi) is 5.47. The summed E-state index contributed by atoms with van der Waals surface area (Å²) in [5, 5.41) is 7.05. The number of aromatic amines is 1. The van der Waals surface area contributed by atoms with Crippen molar-refractivity contribution in [1.29, 1.82) is 0 Å². The highest BCUT2D eigenvalue weighted by atomic mass is 19.1. The van der Waals surface area contributed by atoms with Gasteiger partial charge < -0.3 is 14.5 Å². The van der Waals surface area contributed by atoms with Crippen LogP contribution in [0.2, 0.25) is 0 Å². The summed E-state index contributed by atoms with van der Waals surface area (Å²) in [5.41, 5.74) is 2.33. The summed E-state index contributed by atoms with van der Waals surface area (Å²) >= 11 is 0. The third-order valence-corrected chi connectivity index (χ3v) is 5.12. The maximum absolute atomic E-state index is 13.1. The number of aromatic nitrogens is 2. The summed E-state index contributed by atoms with van der Waals surface area (Å²) in [5.74, 6) is 0.00892. The van der Waals surface area contributed by atoms with Gasteiger partial charge in [0.25, 0.3) is 11.8 Å². The van der Waals surface area contributed by atoms with Gasteiger partial charge in [0.05, 0.1) is 12.8 Å². The zero-order valence-electron chi connectivity index (χ0n) is 16.5. The number of methoxy groups -OCH3 is 1. The van der Waals surface area contributed by atoms with E-state index in [2.05, 4.69) is 10.2 Å². The molecular weight excluding hydrogens is 387 g/mol. The molecule has 1 saturated heterocycles. The minimum atomic E-state index is -0.380. The first kappa shape index (κ1) is 19.6. The normalized spacial score (nSPS) is 13.9. The minimum absolute atomic E-state index is 0.162. The van der Waals surface area contributed by atoms with Gasteiger partial charge in [0.1, 0.15) is 17.3 Å². The van der Waals surface area contributed by atoms with Gasteiger partial charge in [-0.1, -0.05) is 12.1 Å². The van der Waals surface area contributed by atoms with Gasteiger partial charge in [-0.15, -0.1) is 0 Å². The quantitative estimate of drug-likeness (QED) is 0.720. The molecule has 0 unspecified atom stereocenters. The van der Waals surface area contributed by atoms with Crippen molar-refractivity contribution in [1.82, 2.24) is 20.0 Å². The van der Waals surface area contributed by atoms with Crippen LogP contribution in [0.15, 0.2) is 54.6 Å². The molecule has 7 nitrogen and oxygen atoms in total. The number of ether oxygens (including phenoxy) is 1. The van der Waals surface area contributed by atoms with Crippen molar-refractivity contribution in [2.45, 2.75) is 0 Å². The van der Waals surface area contributed by atoms with Crippen LogP contribution in [-0.4, -0.2) is 65.1 Å². The summed E-state index contributed by atoms with van der Waals surface area (Å²) in [7, 11) is 1.60. The molecule has 4 rings (SSSR count). The van der Waals surface area contributed by atoms with E-state index < -0.39 is 0 Å². The van der Waals surface area contributed by atoms with Gasteiger partial charge in [-0.3, -0.25) is 14.7 Å². The van der Waals surface area contributed by atoms with Crippen LogP contribution in [0.25, 0.3) is 11.3 Å². The van der Waals surface area contributed by atoms with E-state index in [4.69, 9.17) is 4.74 Å². The molecule has 1 aromatic heterocycles. The third-order valence-electron chi connectivity index (χ3n) is 5.12. The summed E-state index contributed by atoms with van der Waals surface area (Å²) in [4.78, 5) is 28.7. The Labute approximate surface area is 173 Å². The molecule has 1 aliphatic heterocycles. The molecule has 3 aromatic rings. The van der Waals surface area contributed by atoms with Crippen molar-refractivity contribution in [3.63, 3.8) is 0 Å². The molecule has 1 aliphatic rings. The number of carbonyl (C=O) groups excluding carboxylic acids is 2. The Balaban J connectivity index is 1.39. The highest BCUT2D eigenvalue weighted by Crippen LogP contribution is 2.23. The number of H-pyrrole nitrogens is 1. The molecule has 30 heavy (non-hydrogen) atoms. The van der Waals surface area contributed by atoms with Gasteiger partial charge >= 0.3 is 0 Å². The average Bonchev–Trinajstić information content (AvgIpc) is 3.29. The van der Waals surface area contributed by atoms with Crippen LogP contribution < -0.4 is 4.74 Å². The number of halogens is 1. The lowest BCUT2D eigenvalue weighted by Crippen LogP contribution is -2.50. The number of carbonyl (C=O) groups is 2. The fraction of sp³-hybridized carbons (Fsp3) is 0.227. The van der Waals surface area contributed by atoms with Crippen molar-refractivity contribution < 1.29 is 18.7 Å². The van der Waals surface area contributed by atoms with E-state index in [1.54, 1.807) is 23.0 Å². The lowest BCUT2D eigenvalue weighted by Gasteiger charge is -2.34. The highest BCUT2D eigenvalue weighted by molar-refractivity contribution is 5.95. The predicted molar refractivity (Wildman–Crippen MR) is 109 cm³/mol. The van der Waals surface area contributed by atoms with Gasteiger partial charge in [0, 0.05) is 37.3 Å². The summed E-state index contributed by atoms with van der Waals surface area (Å²) in [6.45, 7) is 1.66. The Bertz CT molecular complexity index is 1060. The molecule has 1 N–H and O–H groups in total. The molecule has 0 aliphatic carbocycles. The van der Waals surface area contributed by atoms with Crippen LogP contribution >= 0.6 is 0 Å². The lowest BCUT2D eigenvalue weighted by molar-refractivity contribution is 0.0532. The number of piperazine rings is 1. The summed E-state index contributed by atoms with van der Waals surface area (Å²) in [6.07, 6.45) is 0. The van der Waals surface area contributed by atoms with E-state index in [1.165, 1.54) is 24.3 Å². The first-order valence-electron chi connectivity index (χ1n) is 9.59. The van der Waals surface area contributed by atoms with E-state index >= 15 is 0 Å². The second-order valence-electron chi connectivity index (χ2n) is 6.99. The Morgan fingerprint density at radius 1 is 0.967 bits per heavy atom. The van der Waals surface area contributed by atoms with Crippen molar-refractivity contribution in [3.8, 4) is 17.0 Å². The lowest BCUT2D eigenvalue weighted by atomic mass is 10.1. The van der Waals surface area contributed by atoms with Gasteiger partial charge in [0.15, 0.2) is 0 Å². The smallest absolute Gasteiger partial charge is 0.272 e. The monoisotopic (exact) mass is 408 g/mol. The molecule has 0 atom stereocenters. The summed E-state index contributed by atoms with van der Waals surface area (Å²) in [6, 6.07) is 14.6. The third kappa shape index (κ3) is 4.03. The fourth-order valence-electron chi connectivity index (χ4n) is 3.42. The number of hydrogen-bond acceptors (Lipinski definition) is 4. The first-order chi connectivity index (χ1) is 14.5. The van der Waals surface area contributed by atoms with Crippen LogP contribution in [0, 0.1) is 5.82 Å². The topological polar surface area (TPSA) is 78.5 Å². The van der Waals surface area contributed by atoms with E-state index in [-0.39, 0.29) is 17.6 Å². The van der Waals surface area contributed by atoms with Crippen LogP contribution in [0.1, 0.15) is 20.8 Å². The molecule has 0 radical (unpaired) electrons. The van der Waals surface area contributed by atoms with Crippen LogP contribution in [0.3, 0.4) is 0 Å². The Morgan fingerprint density at radius 3 is 2.30 bits per heavy atom. The molecule has 2 heterocycles. The second kappa shape index (κ2) is 8.36. The largest absolute Gasteiger partial charge is 0.497 e. The molecule has 0 bridgehead atoms. The number of hydrogen-bond donors (Lipinski definition) is 1. The van der Waals surface area contributed by atoms with E-state index in [0.717, 1.165) is 5.56 Å². The van der Waals surface area contributed by atoms with Crippen LogP contribution in [0.5, 0.6) is 5.75 Å². The van der Waals surface area contributed by atoms with Gasteiger partial charge in [-0.05, 0) is 42.5 Å². The standard InChI is InChI=1S/C22H21FN4O3/c1-30-18-4-2-3-16(13-18)19-14-20(25-24-19)22(29)27-11-9-26(10-12-27)21(28)15-5-7-17(23)8-6-15/h2-8,13-14H,9-12H2,1H3,(H,24,25). The van der Waals surface area contributed by atoms with Crippen LogP contribution in [-0.2, 0) is 0 Å². The van der Waals surface area contributed by atoms with E-state index in [0.29, 0.717) is 48.9 Å². The van der Waals surface area contributed by atoms with Crippen LogP contribution in [0.4, 0.5) is 4.39 Å². The molecule has 0 spiro atoms. The van der Waals surface area contributed by atoms with E-state index in [1.807, 2.05) is 24.3 Å². The highest BCUT2D eigenvalue weighted by Gasteiger charge is 2.26. The SMILES string of the molecule is COc1cccc(-c2cc(C(=O)N3CCN(C(=O)c4ccc(F)cc4)CC3)[nH]n2)c1. The fourth-order valence-corrected chi connectivity index (χ4v) is 3.42. The number of amides is 2. The molecule has 154 valence electrons. The summed E-state index contributed by atoms with van der Waals surface area (Å²) < 4.78 is 18.3. The molecule has 0 saturated carbocycles. The zero-order valence-corrected chi connectivity index (χ0v) is 16.5.